The van der Waals surface area contributed by atoms with Crippen molar-refractivity contribution in [3.8, 4) is 6.07 Å². The van der Waals surface area contributed by atoms with Crippen LogP contribution in [0.5, 0.6) is 0 Å². The van der Waals surface area contributed by atoms with E-state index in [0.717, 1.165) is 10.4 Å². The number of benzene rings is 1. The Kier molecular flexibility index (Phi) is 3.94. The van der Waals surface area contributed by atoms with E-state index in [1.807, 2.05) is 13.0 Å². The van der Waals surface area contributed by atoms with Crippen molar-refractivity contribution in [3.05, 3.63) is 39.8 Å². The van der Waals surface area contributed by atoms with Crippen molar-refractivity contribution in [1.82, 2.24) is 0 Å². The lowest BCUT2D eigenvalue weighted by atomic mass is 10.2. The molecule has 5 nitrogen and oxygen atoms in total. The molecule has 1 heterocycles. The zero-order chi connectivity index (χ0) is 15.8. The number of nitrogens with two attached hydrogens (primary N) is 1. The van der Waals surface area contributed by atoms with E-state index in [4.69, 9.17) is 5.73 Å². The second kappa shape index (κ2) is 5.39. The van der Waals surface area contributed by atoms with E-state index in [0.29, 0.717) is 16.1 Å². The molecule has 2 rings (SSSR count). The summed E-state index contributed by atoms with van der Waals surface area (Å²) in [6.07, 6.45) is 0. The molecule has 0 saturated heterocycles. The van der Waals surface area contributed by atoms with E-state index in [-0.39, 0.29) is 10.6 Å². The summed E-state index contributed by atoms with van der Waals surface area (Å²) in [5, 5.41) is 9.52. The molecule has 0 aliphatic heterocycles. The van der Waals surface area contributed by atoms with Gasteiger partial charge in [0.05, 0.1) is 11.3 Å². The Labute approximate surface area is 128 Å². The molecule has 1 aromatic carbocycles. The zero-order valence-corrected chi connectivity index (χ0v) is 13.5. The van der Waals surface area contributed by atoms with Gasteiger partial charge in [-0.25, -0.2) is 8.42 Å². The molecule has 0 aliphatic rings. The van der Waals surface area contributed by atoms with Gasteiger partial charge in [0.25, 0.3) is 10.0 Å². The molecular formula is C14H15N3O2S2. The van der Waals surface area contributed by atoms with Gasteiger partial charge < -0.3 is 5.73 Å². The molecule has 21 heavy (non-hydrogen) atoms. The van der Waals surface area contributed by atoms with E-state index < -0.39 is 10.0 Å². The summed E-state index contributed by atoms with van der Waals surface area (Å²) < 4.78 is 27.6. The molecule has 0 bridgehead atoms. The summed E-state index contributed by atoms with van der Waals surface area (Å²) in [4.78, 5) is 0.958. The number of hydrogen-bond donors (Lipinski definition) is 2. The SMILES string of the molecule is Cc1cccc(N)c1S(=O)(=O)Nc1sc(C)c(C)c1C#N. The highest BCUT2D eigenvalue weighted by molar-refractivity contribution is 7.93. The van der Waals surface area contributed by atoms with Gasteiger partial charge in [-0.2, -0.15) is 5.26 Å². The van der Waals surface area contributed by atoms with Gasteiger partial charge in [0, 0.05) is 4.88 Å². The van der Waals surface area contributed by atoms with Crippen molar-refractivity contribution in [2.45, 2.75) is 25.7 Å². The summed E-state index contributed by atoms with van der Waals surface area (Å²) in [6, 6.07) is 6.96. The fourth-order valence-corrected chi connectivity index (χ4v) is 4.73. The minimum atomic E-state index is -3.83. The number of aryl methyl sites for hydroxylation is 2. The highest BCUT2D eigenvalue weighted by Crippen LogP contribution is 2.34. The van der Waals surface area contributed by atoms with Crippen LogP contribution in [0, 0.1) is 32.1 Å². The molecule has 1 aromatic heterocycles. The highest BCUT2D eigenvalue weighted by atomic mass is 32.2. The predicted molar refractivity (Wildman–Crippen MR) is 84.9 cm³/mol. The summed E-state index contributed by atoms with van der Waals surface area (Å²) in [5.74, 6) is 0. The fraction of sp³-hybridized carbons (Fsp3) is 0.214. The first kappa shape index (κ1) is 15.4. The molecule has 0 radical (unpaired) electrons. The predicted octanol–water partition coefficient (Wildman–Crippen LogP) is 2.93. The Morgan fingerprint density at radius 3 is 2.52 bits per heavy atom. The van der Waals surface area contributed by atoms with E-state index in [9.17, 15) is 13.7 Å². The molecule has 0 amide bonds. The van der Waals surface area contributed by atoms with E-state index >= 15 is 0 Å². The van der Waals surface area contributed by atoms with Crippen LogP contribution in [0.25, 0.3) is 0 Å². The van der Waals surface area contributed by atoms with Gasteiger partial charge in [-0.05, 0) is 38.0 Å². The highest BCUT2D eigenvalue weighted by Gasteiger charge is 2.23. The molecule has 0 unspecified atom stereocenters. The number of nitrogens with zero attached hydrogens (tertiary/aromatic N) is 1. The lowest BCUT2D eigenvalue weighted by Crippen LogP contribution is -2.16. The van der Waals surface area contributed by atoms with Crippen LogP contribution in [0.4, 0.5) is 10.7 Å². The molecule has 0 atom stereocenters. The average molecular weight is 321 g/mol. The largest absolute Gasteiger partial charge is 0.398 e. The molecule has 0 saturated carbocycles. The normalized spacial score (nSPS) is 11.1. The van der Waals surface area contributed by atoms with Crippen LogP contribution in [0.3, 0.4) is 0 Å². The van der Waals surface area contributed by atoms with Crippen molar-refractivity contribution >= 4 is 32.0 Å². The van der Waals surface area contributed by atoms with Crippen LogP contribution in [0.15, 0.2) is 23.1 Å². The average Bonchev–Trinajstić information content (AvgIpc) is 2.62. The molecule has 0 fully saturated rings. The van der Waals surface area contributed by atoms with E-state index in [2.05, 4.69) is 4.72 Å². The smallest absolute Gasteiger partial charge is 0.264 e. The third-order valence-electron chi connectivity index (χ3n) is 3.24. The Bertz CT molecular complexity index is 826. The van der Waals surface area contributed by atoms with Crippen LogP contribution in [0.1, 0.15) is 21.6 Å². The van der Waals surface area contributed by atoms with Crippen LogP contribution in [0.2, 0.25) is 0 Å². The number of hydrogen-bond acceptors (Lipinski definition) is 5. The fourth-order valence-electron chi connectivity index (χ4n) is 2.05. The number of thiophene rings is 1. The molecule has 3 N–H and O–H groups in total. The summed E-state index contributed by atoms with van der Waals surface area (Å²) in [7, 11) is -3.83. The third kappa shape index (κ3) is 2.73. The first-order valence-electron chi connectivity index (χ1n) is 6.16. The van der Waals surface area contributed by atoms with Gasteiger partial charge in [0.2, 0.25) is 0 Å². The molecule has 0 aliphatic carbocycles. The van der Waals surface area contributed by atoms with Crippen molar-refractivity contribution in [1.29, 1.82) is 5.26 Å². The van der Waals surface area contributed by atoms with Crippen molar-refractivity contribution in [2.24, 2.45) is 0 Å². The lowest BCUT2D eigenvalue weighted by Gasteiger charge is -2.11. The van der Waals surface area contributed by atoms with Crippen LogP contribution >= 0.6 is 11.3 Å². The van der Waals surface area contributed by atoms with Crippen LogP contribution in [-0.4, -0.2) is 8.42 Å². The van der Waals surface area contributed by atoms with E-state index in [1.165, 1.54) is 17.4 Å². The lowest BCUT2D eigenvalue weighted by molar-refractivity contribution is 0.601. The second-order valence-corrected chi connectivity index (χ2v) is 7.54. The Balaban J connectivity index is 2.54. The van der Waals surface area contributed by atoms with Crippen molar-refractivity contribution < 1.29 is 8.42 Å². The monoisotopic (exact) mass is 321 g/mol. The maximum absolute atomic E-state index is 12.5. The summed E-state index contributed by atoms with van der Waals surface area (Å²) >= 11 is 1.25. The topological polar surface area (TPSA) is 96.0 Å². The van der Waals surface area contributed by atoms with E-state index in [1.54, 1.807) is 26.0 Å². The Morgan fingerprint density at radius 1 is 1.29 bits per heavy atom. The van der Waals surface area contributed by atoms with Crippen LogP contribution < -0.4 is 10.5 Å². The number of nitrogens with one attached hydrogen (secondary N) is 1. The van der Waals surface area contributed by atoms with Crippen molar-refractivity contribution in [3.63, 3.8) is 0 Å². The van der Waals surface area contributed by atoms with Gasteiger partial charge in [-0.15, -0.1) is 11.3 Å². The molecular weight excluding hydrogens is 306 g/mol. The Morgan fingerprint density at radius 2 is 1.95 bits per heavy atom. The first-order valence-corrected chi connectivity index (χ1v) is 8.46. The molecule has 0 spiro atoms. The minimum absolute atomic E-state index is 0.0533. The van der Waals surface area contributed by atoms with Gasteiger partial charge in [-0.1, -0.05) is 12.1 Å². The first-order chi connectivity index (χ1) is 9.77. The quantitative estimate of drug-likeness (QED) is 0.849. The zero-order valence-electron chi connectivity index (χ0n) is 11.9. The summed E-state index contributed by atoms with van der Waals surface area (Å²) in [5.41, 5.74) is 7.68. The van der Waals surface area contributed by atoms with Crippen molar-refractivity contribution in [2.75, 3.05) is 10.5 Å². The maximum atomic E-state index is 12.5. The van der Waals surface area contributed by atoms with Gasteiger partial charge >= 0.3 is 0 Å². The molecule has 7 heteroatoms. The number of nitriles is 1. The molecule has 110 valence electrons. The third-order valence-corrected chi connectivity index (χ3v) is 6.06. The second-order valence-electron chi connectivity index (χ2n) is 4.70. The minimum Gasteiger partial charge on any atom is -0.398 e. The van der Waals surface area contributed by atoms with Gasteiger partial charge in [0.1, 0.15) is 16.0 Å². The van der Waals surface area contributed by atoms with Crippen LogP contribution in [-0.2, 0) is 10.0 Å². The summed E-state index contributed by atoms with van der Waals surface area (Å²) in [6.45, 7) is 5.33. The van der Waals surface area contributed by atoms with Gasteiger partial charge in [-0.3, -0.25) is 4.72 Å². The number of nitrogen functional groups attached to an aromatic ring is 1. The number of rotatable bonds is 3. The molecule has 2 aromatic rings. The standard InChI is InChI=1S/C14H15N3O2S2/c1-8-5-4-6-12(16)13(8)21(18,19)17-14-11(7-15)9(2)10(3)20-14/h4-6,17H,16H2,1-3H3. The number of sulfonamides is 1. The maximum Gasteiger partial charge on any atom is 0.264 e. The number of anilines is 2. The Hall–Kier alpha value is -2.04. The van der Waals surface area contributed by atoms with Gasteiger partial charge in [0.15, 0.2) is 0 Å².